The molecular formula is C20H18N4O4S. The summed E-state index contributed by atoms with van der Waals surface area (Å²) >= 11 is 1.63. The molecule has 9 heteroatoms. The van der Waals surface area contributed by atoms with Crippen LogP contribution in [0.1, 0.15) is 17.4 Å². The third-order valence-electron chi connectivity index (χ3n) is 4.90. The number of benzene rings is 2. The van der Waals surface area contributed by atoms with Gasteiger partial charge >= 0.3 is 0 Å². The van der Waals surface area contributed by atoms with Gasteiger partial charge in [0.15, 0.2) is 0 Å². The number of aryl methyl sites for hydroxylation is 1. The maximum absolute atomic E-state index is 12.8. The van der Waals surface area contributed by atoms with Gasteiger partial charge < -0.3 is 4.90 Å². The number of hydrogen-bond acceptors (Lipinski definition) is 6. The van der Waals surface area contributed by atoms with Crippen LogP contribution in [0.3, 0.4) is 0 Å². The Morgan fingerprint density at radius 2 is 1.97 bits per heavy atom. The van der Waals surface area contributed by atoms with Gasteiger partial charge in [0, 0.05) is 37.4 Å². The lowest BCUT2D eigenvalue weighted by molar-refractivity contribution is -0.384. The Morgan fingerprint density at radius 1 is 1.21 bits per heavy atom. The topological polar surface area (TPSA) is 98.3 Å². The molecule has 0 N–H and O–H groups in total. The molecule has 0 saturated carbocycles. The van der Waals surface area contributed by atoms with Crippen molar-refractivity contribution in [3.05, 3.63) is 80.9 Å². The molecule has 1 aliphatic heterocycles. The molecule has 3 aromatic rings. The molecule has 1 unspecified atom stereocenters. The smallest absolute Gasteiger partial charge is 0.269 e. The molecule has 2 aromatic carbocycles. The fourth-order valence-corrected chi connectivity index (χ4v) is 4.67. The highest BCUT2D eigenvalue weighted by Crippen LogP contribution is 2.38. The Kier molecular flexibility index (Phi) is 5.30. The minimum atomic E-state index is -0.441. The van der Waals surface area contributed by atoms with Gasteiger partial charge in [0.1, 0.15) is 5.37 Å². The lowest BCUT2D eigenvalue weighted by Crippen LogP contribution is -2.32. The van der Waals surface area contributed by atoms with Crippen molar-refractivity contribution < 1.29 is 9.72 Å². The van der Waals surface area contributed by atoms with Gasteiger partial charge in [0.2, 0.25) is 5.91 Å². The standard InChI is InChI=1S/C20H18N4O4S/c25-18(9-10-22-13-21-17-4-2-1-3-16(17)19(22)26)23-11-12-29-20(23)14-5-7-15(8-6-14)24(27)28/h1-8,13,20H,9-12H2. The first kappa shape index (κ1) is 19.1. The average Bonchev–Trinajstić information content (AvgIpc) is 3.23. The molecule has 4 rings (SSSR count). The molecule has 1 fully saturated rings. The van der Waals surface area contributed by atoms with Crippen LogP contribution in [0.15, 0.2) is 59.7 Å². The number of nitro groups is 1. The second kappa shape index (κ2) is 8.04. The molecule has 0 radical (unpaired) electrons. The predicted molar refractivity (Wildman–Crippen MR) is 111 cm³/mol. The van der Waals surface area contributed by atoms with Crippen molar-refractivity contribution in [1.82, 2.24) is 14.5 Å². The number of fused-ring (bicyclic) bond motifs is 1. The van der Waals surface area contributed by atoms with Crippen LogP contribution in [0.25, 0.3) is 10.9 Å². The zero-order chi connectivity index (χ0) is 20.4. The summed E-state index contributed by atoms with van der Waals surface area (Å²) < 4.78 is 1.46. The molecule has 1 amide bonds. The zero-order valence-corrected chi connectivity index (χ0v) is 16.2. The molecule has 8 nitrogen and oxygen atoms in total. The van der Waals surface area contributed by atoms with E-state index in [1.807, 2.05) is 6.07 Å². The Morgan fingerprint density at radius 3 is 2.72 bits per heavy atom. The highest BCUT2D eigenvalue weighted by Gasteiger charge is 2.30. The van der Waals surface area contributed by atoms with Crippen molar-refractivity contribution in [2.24, 2.45) is 0 Å². The molecule has 148 valence electrons. The molecular weight excluding hydrogens is 392 g/mol. The van der Waals surface area contributed by atoms with Crippen molar-refractivity contribution in [2.75, 3.05) is 12.3 Å². The average molecular weight is 410 g/mol. The number of aromatic nitrogens is 2. The Balaban J connectivity index is 1.47. The molecule has 0 bridgehead atoms. The van der Waals surface area contributed by atoms with Crippen LogP contribution in [0.2, 0.25) is 0 Å². The van der Waals surface area contributed by atoms with Gasteiger partial charge in [-0.05, 0) is 29.8 Å². The second-order valence-electron chi connectivity index (χ2n) is 6.67. The van der Waals surface area contributed by atoms with Gasteiger partial charge in [-0.25, -0.2) is 4.98 Å². The van der Waals surface area contributed by atoms with E-state index in [0.29, 0.717) is 17.4 Å². The van der Waals surface area contributed by atoms with Gasteiger partial charge in [-0.3, -0.25) is 24.3 Å². The van der Waals surface area contributed by atoms with Crippen LogP contribution in [0, 0.1) is 10.1 Å². The molecule has 0 spiro atoms. The highest BCUT2D eigenvalue weighted by atomic mass is 32.2. The maximum Gasteiger partial charge on any atom is 0.269 e. The van der Waals surface area contributed by atoms with E-state index in [9.17, 15) is 19.7 Å². The van der Waals surface area contributed by atoms with Crippen LogP contribution < -0.4 is 5.56 Å². The van der Waals surface area contributed by atoms with Crippen molar-refractivity contribution in [2.45, 2.75) is 18.3 Å². The number of carbonyl (C=O) groups is 1. The van der Waals surface area contributed by atoms with E-state index in [1.165, 1.54) is 23.0 Å². The summed E-state index contributed by atoms with van der Waals surface area (Å²) in [5, 5.41) is 11.2. The fourth-order valence-electron chi connectivity index (χ4n) is 3.39. The first-order valence-corrected chi connectivity index (χ1v) is 10.2. The van der Waals surface area contributed by atoms with Crippen molar-refractivity contribution in [3.63, 3.8) is 0 Å². The number of hydrogen-bond donors (Lipinski definition) is 0. The van der Waals surface area contributed by atoms with Crippen molar-refractivity contribution in [1.29, 1.82) is 0 Å². The van der Waals surface area contributed by atoms with Gasteiger partial charge in [0.05, 0.1) is 22.2 Å². The van der Waals surface area contributed by atoms with E-state index >= 15 is 0 Å². The quantitative estimate of drug-likeness (QED) is 0.474. The van der Waals surface area contributed by atoms with E-state index < -0.39 is 4.92 Å². The minimum absolute atomic E-state index is 0.0257. The predicted octanol–water partition coefficient (Wildman–Crippen LogP) is 2.97. The Bertz CT molecular complexity index is 1130. The number of para-hydroxylation sites is 1. The summed E-state index contributed by atoms with van der Waals surface area (Å²) in [6, 6.07) is 13.4. The van der Waals surface area contributed by atoms with E-state index in [-0.39, 0.29) is 35.5 Å². The molecule has 29 heavy (non-hydrogen) atoms. The van der Waals surface area contributed by atoms with E-state index in [2.05, 4.69) is 4.98 Å². The third kappa shape index (κ3) is 3.86. The summed E-state index contributed by atoms with van der Waals surface area (Å²) in [6.07, 6.45) is 1.66. The lowest BCUT2D eigenvalue weighted by atomic mass is 10.2. The van der Waals surface area contributed by atoms with E-state index in [4.69, 9.17) is 0 Å². The monoisotopic (exact) mass is 410 g/mol. The van der Waals surface area contributed by atoms with Gasteiger partial charge in [-0.15, -0.1) is 11.8 Å². The van der Waals surface area contributed by atoms with Crippen molar-refractivity contribution in [3.8, 4) is 0 Å². The minimum Gasteiger partial charge on any atom is -0.326 e. The van der Waals surface area contributed by atoms with Crippen LogP contribution in [-0.2, 0) is 11.3 Å². The molecule has 1 atom stereocenters. The summed E-state index contributed by atoms with van der Waals surface area (Å²) in [4.78, 5) is 41.8. The molecule has 1 aliphatic rings. The largest absolute Gasteiger partial charge is 0.326 e. The maximum atomic E-state index is 12.8. The third-order valence-corrected chi connectivity index (χ3v) is 6.16. The highest BCUT2D eigenvalue weighted by molar-refractivity contribution is 7.99. The Labute approximate surface area is 170 Å². The number of rotatable bonds is 5. The van der Waals surface area contributed by atoms with Crippen LogP contribution in [0.4, 0.5) is 5.69 Å². The number of non-ortho nitro benzene ring substituents is 1. The first-order chi connectivity index (χ1) is 14.0. The number of carbonyl (C=O) groups excluding carboxylic acids is 1. The van der Waals surface area contributed by atoms with Gasteiger partial charge in [-0.2, -0.15) is 0 Å². The zero-order valence-electron chi connectivity index (χ0n) is 15.4. The second-order valence-corrected chi connectivity index (χ2v) is 7.86. The summed E-state index contributed by atoms with van der Waals surface area (Å²) in [7, 11) is 0. The number of nitrogens with zero attached hydrogens (tertiary/aromatic N) is 4. The number of thioether (sulfide) groups is 1. The van der Waals surface area contributed by atoms with Crippen LogP contribution in [-0.4, -0.2) is 37.6 Å². The molecule has 1 saturated heterocycles. The fraction of sp³-hybridized carbons (Fsp3) is 0.250. The van der Waals surface area contributed by atoms with Crippen LogP contribution >= 0.6 is 11.8 Å². The molecule has 1 aromatic heterocycles. The van der Waals surface area contributed by atoms with E-state index in [0.717, 1.165) is 11.3 Å². The van der Waals surface area contributed by atoms with Crippen LogP contribution in [0.5, 0.6) is 0 Å². The SMILES string of the molecule is O=C(CCn1cnc2ccccc2c1=O)N1CCSC1c1ccc([N+](=O)[O-])cc1. The van der Waals surface area contributed by atoms with Gasteiger partial charge in [0.25, 0.3) is 11.2 Å². The number of nitro benzene ring substituents is 1. The summed E-state index contributed by atoms with van der Waals surface area (Å²) in [5.41, 5.74) is 1.36. The lowest BCUT2D eigenvalue weighted by Gasteiger charge is -2.24. The van der Waals surface area contributed by atoms with Crippen molar-refractivity contribution >= 4 is 34.3 Å². The molecule has 2 heterocycles. The normalized spacial score (nSPS) is 16.3. The first-order valence-electron chi connectivity index (χ1n) is 9.14. The Hall–Kier alpha value is -3.20. The van der Waals surface area contributed by atoms with E-state index in [1.54, 1.807) is 47.0 Å². The van der Waals surface area contributed by atoms with Gasteiger partial charge in [-0.1, -0.05) is 12.1 Å². The molecule has 0 aliphatic carbocycles. The summed E-state index contributed by atoms with van der Waals surface area (Å²) in [6.45, 7) is 0.861. The number of amides is 1. The summed E-state index contributed by atoms with van der Waals surface area (Å²) in [5.74, 6) is 0.739.